The fourth-order valence-electron chi connectivity index (χ4n) is 1.79. The normalized spacial score (nSPS) is 10.1. The third kappa shape index (κ3) is 4.07. The number of benzene rings is 1. The van der Waals surface area contributed by atoms with Crippen molar-refractivity contribution in [3.05, 3.63) is 47.5 Å². The van der Waals surface area contributed by atoms with Crippen molar-refractivity contribution in [2.45, 2.75) is 13.3 Å². The van der Waals surface area contributed by atoms with Crippen molar-refractivity contribution < 1.29 is 14.7 Å². The van der Waals surface area contributed by atoms with Crippen molar-refractivity contribution in [2.75, 3.05) is 11.9 Å². The molecule has 0 radical (unpaired) electrons. The van der Waals surface area contributed by atoms with Crippen LogP contribution in [0.15, 0.2) is 30.6 Å². The second-order valence-corrected chi connectivity index (χ2v) is 4.50. The third-order valence-corrected chi connectivity index (χ3v) is 2.93. The van der Waals surface area contributed by atoms with Gasteiger partial charge in [-0.15, -0.1) is 0 Å². The van der Waals surface area contributed by atoms with Gasteiger partial charge in [0.15, 0.2) is 0 Å². The van der Waals surface area contributed by atoms with Gasteiger partial charge >= 0.3 is 12.0 Å². The fraction of sp³-hybridized carbons (Fsp3) is 0.214. The van der Waals surface area contributed by atoms with Crippen LogP contribution in [0.1, 0.15) is 21.7 Å². The molecule has 0 bridgehead atoms. The van der Waals surface area contributed by atoms with E-state index in [1.807, 2.05) is 0 Å². The number of carboxylic acid groups (broad SMARTS) is 1. The van der Waals surface area contributed by atoms with Crippen LogP contribution in [0.2, 0.25) is 0 Å². The van der Waals surface area contributed by atoms with E-state index in [9.17, 15) is 9.59 Å². The summed E-state index contributed by atoms with van der Waals surface area (Å²) in [6.45, 7) is 2.22. The van der Waals surface area contributed by atoms with Gasteiger partial charge in [0.1, 0.15) is 5.82 Å². The Bertz CT molecular complexity index is 638. The molecule has 110 valence electrons. The van der Waals surface area contributed by atoms with Crippen molar-refractivity contribution in [2.24, 2.45) is 0 Å². The lowest BCUT2D eigenvalue weighted by Crippen LogP contribution is -2.31. The number of nitrogens with one attached hydrogen (secondary N) is 3. The quantitative estimate of drug-likeness (QED) is 0.672. The Morgan fingerprint density at radius 2 is 2.19 bits per heavy atom. The van der Waals surface area contributed by atoms with Gasteiger partial charge in [-0.1, -0.05) is 6.07 Å². The minimum atomic E-state index is -1.03. The van der Waals surface area contributed by atoms with E-state index in [1.54, 1.807) is 25.4 Å². The number of carbonyl (C=O) groups is 2. The maximum absolute atomic E-state index is 11.8. The maximum Gasteiger partial charge on any atom is 0.335 e. The molecule has 1 aromatic heterocycles. The summed E-state index contributed by atoms with van der Waals surface area (Å²) in [6, 6.07) is 4.20. The van der Waals surface area contributed by atoms with Crippen LogP contribution in [0.25, 0.3) is 0 Å². The first kappa shape index (κ1) is 14.6. The Morgan fingerprint density at radius 3 is 2.86 bits per heavy atom. The summed E-state index contributed by atoms with van der Waals surface area (Å²) >= 11 is 0. The summed E-state index contributed by atoms with van der Waals surface area (Å²) in [5.74, 6) is -0.240. The number of aromatic amines is 1. The molecule has 2 aromatic rings. The van der Waals surface area contributed by atoms with E-state index in [4.69, 9.17) is 5.11 Å². The van der Waals surface area contributed by atoms with Gasteiger partial charge in [0.05, 0.1) is 5.56 Å². The Kier molecular flexibility index (Phi) is 4.55. The fourth-order valence-corrected chi connectivity index (χ4v) is 1.79. The van der Waals surface area contributed by atoms with Crippen molar-refractivity contribution in [1.82, 2.24) is 15.3 Å². The van der Waals surface area contributed by atoms with E-state index in [-0.39, 0.29) is 11.6 Å². The number of anilines is 1. The number of imidazole rings is 1. The van der Waals surface area contributed by atoms with E-state index in [0.717, 1.165) is 11.4 Å². The molecule has 0 spiro atoms. The van der Waals surface area contributed by atoms with Gasteiger partial charge < -0.3 is 20.7 Å². The van der Waals surface area contributed by atoms with Crippen LogP contribution in [0.5, 0.6) is 0 Å². The molecule has 7 heteroatoms. The second kappa shape index (κ2) is 6.56. The average molecular weight is 288 g/mol. The number of carbonyl (C=O) groups excluding carboxylic acids is 1. The van der Waals surface area contributed by atoms with Crippen LogP contribution in [-0.4, -0.2) is 33.6 Å². The molecule has 0 saturated heterocycles. The average Bonchev–Trinajstić information content (AvgIpc) is 2.94. The van der Waals surface area contributed by atoms with E-state index in [1.165, 1.54) is 12.1 Å². The summed E-state index contributed by atoms with van der Waals surface area (Å²) in [7, 11) is 0. The highest BCUT2D eigenvalue weighted by molar-refractivity contribution is 5.93. The summed E-state index contributed by atoms with van der Waals surface area (Å²) in [6.07, 6.45) is 3.96. The predicted molar refractivity (Wildman–Crippen MR) is 77.5 cm³/mol. The molecule has 4 N–H and O–H groups in total. The monoisotopic (exact) mass is 288 g/mol. The van der Waals surface area contributed by atoms with E-state index >= 15 is 0 Å². The summed E-state index contributed by atoms with van der Waals surface area (Å²) in [5, 5.41) is 14.3. The number of rotatable bonds is 5. The van der Waals surface area contributed by atoms with Crippen molar-refractivity contribution in [3.8, 4) is 0 Å². The first-order valence-corrected chi connectivity index (χ1v) is 6.43. The van der Waals surface area contributed by atoms with Crippen molar-refractivity contribution in [3.63, 3.8) is 0 Å². The van der Waals surface area contributed by atoms with Gasteiger partial charge in [-0.2, -0.15) is 0 Å². The van der Waals surface area contributed by atoms with Crippen molar-refractivity contribution >= 4 is 17.7 Å². The molecule has 0 unspecified atom stereocenters. The molecule has 2 amide bonds. The molecule has 21 heavy (non-hydrogen) atoms. The van der Waals surface area contributed by atoms with Gasteiger partial charge in [0, 0.05) is 31.0 Å². The highest BCUT2D eigenvalue weighted by atomic mass is 16.4. The molecular formula is C14H16N4O3. The Labute approximate surface area is 121 Å². The molecule has 0 aliphatic rings. The number of nitrogens with zero attached hydrogens (tertiary/aromatic N) is 1. The first-order chi connectivity index (χ1) is 10.1. The molecule has 7 nitrogen and oxygen atoms in total. The number of urea groups is 1. The zero-order chi connectivity index (χ0) is 15.2. The van der Waals surface area contributed by atoms with Crippen LogP contribution in [0.3, 0.4) is 0 Å². The zero-order valence-corrected chi connectivity index (χ0v) is 11.5. The molecule has 1 aromatic carbocycles. The summed E-state index contributed by atoms with van der Waals surface area (Å²) < 4.78 is 0. The minimum Gasteiger partial charge on any atom is -0.478 e. The Hall–Kier alpha value is -2.83. The smallest absolute Gasteiger partial charge is 0.335 e. The van der Waals surface area contributed by atoms with Crippen LogP contribution >= 0.6 is 0 Å². The number of aryl methyl sites for hydroxylation is 1. The Morgan fingerprint density at radius 1 is 1.38 bits per heavy atom. The molecule has 0 aliphatic carbocycles. The third-order valence-electron chi connectivity index (χ3n) is 2.93. The van der Waals surface area contributed by atoms with Crippen LogP contribution < -0.4 is 10.6 Å². The lowest BCUT2D eigenvalue weighted by molar-refractivity contribution is 0.0697. The number of aromatic carboxylic acids is 1. The molecule has 1 heterocycles. The second-order valence-electron chi connectivity index (χ2n) is 4.50. The van der Waals surface area contributed by atoms with Crippen LogP contribution in [-0.2, 0) is 6.42 Å². The number of carboxylic acids is 1. The first-order valence-electron chi connectivity index (χ1n) is 6.43. The summed E-state index contributed by atoms with van der Waals surface area (Å²) in [4.78, 5) is 29.7. The lowest BCUT2D eigenvalue weighted by Gasteiger charge is -2.10. The molecule has 0 saturated carbocycles. The molecule has 0 aliphatic heterocycles. The van der Waals surface area contributed by atoms with Crippen LogP contribution in [0.4, 0.5) is 10.5 Å². The van der Waals surface area contributed by atoms with Crippen molar-refractivity contribution in [1.29, 1.82) is 0 Å². The number of amides is 2. The largest absolute Gasteiger partial charge is 0.478 e. The summed E-state index contributed by atoms with van der Waals surface area (Å²) in [5.41, 5.74) is 1.40. The van der Waals surface area contributed by atoms with Gasteiger partial charge in [0.2, 0.25) is 0 Å². The highest BCUT2D eigenvalue weighted by Gasteiger charge is 2.08. The topological polar surface area (TPSA) is 107 Å². The lowest BCUT2D eigenvalue weighted by atomic mass is 10.1. The molecular weight excluding hydrogens is 272 g/mol. The zero-order valence-electron chi connectivity index (χ0n) is 11.5. The van der Waals surface area contributed by atoms with Gasteiger partial charge in [-0.25, -0.2) is 14.6 Å². The molecule has 0 atom stereocenters. The van der Waals surface area contributed by atoms with Crippen LogP contribution in [0, 0.1) is 6.92 Å². The number of hydrogen-bond acceptors (Lipinski definition) is 3. The van der Waals surface area contributed by atoms with Gasteiger partial charge in [-0.05, 0) is 24.6 Å². The van der Waals surface area contributed by atoms with E-state index in [2.05, 4.69) is 20.6 Å². The number of H-pyrrole nitrogens is 1. The van der Waals surface area contributed by atoms with E-state index in [0.29, 0.717) is 18.7 Å². The maximum atomic E-state index is 11.8. The molecule has 2 rings (SSSR count). The molecule has 0 fully saturated rings. The van der Waals surface area contributed by atoms with Gasteiger partial charge in [-0.3, -0.25) is 0 Å². The highest BCUT2D eigenvalue weighted by Crippen LogP contribution is 2.16. The Balaban J connectivity index is 1.90. The number of hydrogen-bond donors (Lipinski definition) is 4. The van der Waals surface area contributed by atoms with E-state index < -0.39 is 5.97 Å². The predicted octanol–water partition coefficient (Wildman–Crippen LogP) is 1.78. The standard InChI is InChI=1S/C14H16N4O3/c1-9-2-3-10(13(19)20)8-11(9)18-14(21)17-5-4-12-15-6-7-16-12/h2-3,6-8H,4-5H2,1H3,(H,15,16)(H,19,20)(H2,17,18,21). The van der Waals surface area contributed by atoms with Gasteiger partial charge in [0.25, 0.3) is 0 Å². The minimum absolute atomic E-state index is 0.131. The number of aromatic nitrogens is 2. The SMILES string of the molecule is Cc1ccc(C(=O)O)cc1NC(=O)NCCc1ncc[nH]1.